The molecule has 3 atom stereocenters. The van der Waals surface area contributed by atoms with E-state index in [1.54, 1.807) is 4.90 Å². The number of nitriles is 1. The summed E-state index contributed by atoms with van der Waals surface area (Å²) in [5, 5.41) is 9.30. The third kappa shape index (κ3) is 1.94. The van der Waals surface area contributed by atoms with Crippen LogP contribution in [-0.4, -0.2) is 23.6 Å². The zero-order valence-electron chi connectivity index (χ0n) is 11.7. The second-order valence-corrected chi connectivity index (χ2v) is 6.22. The molecule has 2 unspecified atom stereocenters. The van der Waals surface area contributed by atoms with Crippen molar-refractivity contribution in [1.82, 2.24) is 4.90 Å². The Morgan fingerprint density at radius 1 is 1.45 bits per heavy atom. The van der Waals surface area contributed by atoms with Crippen molar-refractivity contribution in [3.63, 3.8) is 0 Å². The van der Waals surface area contributed by atoms with Gasteiger partial charge in [-0.3, -0.25) is 4.90 Å². The second kappa shape index (κ2) is 4.52. The first kappa shape index (κ1) is 13.0. The largest absolute Gasteiger partial charge is 0.445 e. The normalized spacial score (nSPS) is 29.4. The molecule has 0 N–H and O–H groups in total. The van der Waals surface area contributed by atoms with E-state index in [1.165, 1.54) is 0 Å². The number of benzene rings is 1. The van der Waals surface area contributed by atoms with Gasteiger partial charge in [-0.05, 0) is 16.9 Å². The van der Waals surface area contributed by atoms with Crippen LogP contribution in [0.15, 0.2) is 30.3 Å². The van der Waals surface area contributed by atoms with E-state index in [0.29, 0.717) is 18.4 Å². The van der Waals surface area contributed by atoms with Gasteiger partial charge in [-0.25, -0.2) is 4.79 Å². The first-order chi connectivity index (χ1) is 9.55. The van der Waals surface area contributed by atoms with E-state index in [1.807, 2.05) is 30.3 Å². The van der Waals surface area contributed by atoms with Gasteiger partial charge in [-0.2, -0.15) is 5.26 Å². The molecule has 0 radical (unpaired) electrons. The van der Waals surface area contributed by atoms with E-state index in [2.05, 4.69) is 19.9 Å². The highest BCUT2D eigenvalue weighted by Crippen LogP contribution is 2.64. The maximum Gasteiger partial charge on any atom is 0.411 e. The summed E-state index contributed by atoms with van der Waals surface area (Å²) < 4.78 is 5.32. The molecule has 1 heterocycles. The zero-order valence-corrected chi connectivity index (χ0v) is 11.7. The monoisotopic (exact) mass is 270 g/mol. The molecule has 1 aromatic rings. The van der Waals surface area contributed by atoms with Gasteiger partial charge < -0.3 is 4.74 Å². The van der Waals surface area contributed by atoms with Gasteiger partial charge in [0.25, 0.3) is 0 Å². The summed E-state index contributed by atoms with van der Waals surface area (Å²) in [4.78, 5) is 13.7. The first-order valence-corrected chi connectivity index (χ1v) is 6.92. The minimum atomic E-state index is -0.372. The topological polar surface area (TPSA) is 53.3 Å². The Morgan fingerprint density at radius 3 is 2.80 bits per heavy atom. The van der Waals surface area contributed by atoms with Crippen LogP contribution in [0.5, 0.6) is 0 Å². The van der Waals surface area contributed by atoms with Gasteiger partial charge in [0.1, 0.15) is 12.6 Å². The van der Waals surface area contributed by atoms with Crippen LogP contribution >= 0.6 is 0 Å². The zero-order chi connectivity index (χ0) is 14.3. The van der Waals surface area contributed by atoms with Crippen molar-refractivity contribution in [2.45, 2.75) is 26.5 Å². The number of nitrogens with zero attached hydrogens (tertiary/aromatic N) is 2. The molecule has 1 saturated heterocycles. The van der Waals surface area contributed by atoms with Crippen molar-refractivity contribution < 1.29 is 9.53 Å². The summed E-state index contributed by atoms with van der Waals surface area (Å²) in [7, 11) is 0. The Kier molecular flexibility index (Phi) is 2.93. The van der Waals surface area contributed by atoms with Crippen LogP contribution in [0.2, 0.25) is 0 Å². The standard InChI is InChI=1S/C16H18N2O2/c1-16(2)12-9-18(13(8-17)14(12)16)15(19)20-10-11-6-4-3-5-7-11/h3-7,12-14H,9-10H2,1-2H3/t12?,13?,14-/m0/s1. The number of ether oxygens (including phenoxy) is 1. The van der Waals surface area contributed by atoms with Gasteiger partial charge in [0.05, 0.1) is 6.07 Å². The van der Waals surface area contributed by atoms with Crippen LogP contribution in [-0.2, 0) is 11.3 Å². The average molecular weight is 270 g/mol. The fraction of sp³-hybridized carbons (Fsp3) is 0.500. The molecule has 4 nitrogen and oxygen atoms in total. The predicted molar refractivity (Wildman–Crippen MR) is 73.5 cm³/mol. The maximum atomic E-state index is 12.1. The molecule has 4 heteroatoms. The number of likely N-dealkylation sites (tertiary alicyclic amines) is 1. The quantitative estimate of drug-likeness (QED) is 0.830. The van der Waals surface area contributed by atoms with Crippen LogP contribution in [0.3, 0.4) is 0 Å². The molecule has 1 aliphatic heterocycles. The lowest BCUT2D eigenvalue weighted by molar-refractivity contribution is 0.0880. The van der Waals surface area contributed by atoms with Crippen molar-refractivity contribution >= 4 is 6.09 Å². The molecule has 0 aromatic heterocycles. The van der Waals surface area contributed by atoms with Crippen molar-refractivity contribution in [2.24, 2.45) is 17.3 Å². The van der Waals surface area contributed by atoms with Crippen molar-refractivity contribution in [3.05, 3.63) is 35.9 Å². The maximum absolute atomic E-state index is 12.1. The highest BCUT2D eigenvalue weighted by atomic mass is 16.6. The van der Waals surface area contributed by atoms with Crippen molar-refractivity contribution in [2.75, 3.05) is 6.54 Å². The Hall–Kier alpha value is -2.02. The third-order valence-electron chi connectivity index (χ3n) is 4.78. The minimum absolute atomic E-state index is 0.191. The van der Waals surface area contributed by atoms with E-state index < -0.39 is 0 Å². The van der Waals surface area contributed by atoms with Crippen LogP contribution in [0.25, 0.3) is 0 Å². The summed E-state index contributed by atoms with van der Waals surface area (Å²) in [5.74, 6) is 0.744. The molecule has 104 valence electrons. The van der Waals surface area contributed by atoms with E-state index in [-0.39, 0.29) is 24.2 Å². The smallest absolute Gasteiger partial charge is 0.411 e. The molecule has 0 bridgehead atoms. The van der Waals surface area contributed by atoms with Gasteiger partial charge in [-0.15, -0.1) is 0 Å². The SMILES string of the molecule is CC1(C)C2CN(C(=O)OCc3ccccc3)C(C#N)[C@H]21. The lowest BCUT2D eigenvalue weighted by Gasteiger charge is -2.25. The van der Waals surface area contributed by atoms with Gasteiger partial charge >= 0.3 is 6.09 Å². The summed E-state index contributed by atoms with van der Waals surface area (Å²) in [5.41, 5.74) is 1.15. The van der Waals surface area contributed by atoms with Gasteiger partial charge in [0.15, 0.2) is 0 Å². The van der Waals surface area contributed by atoms with Crippen molar-refractivity contribution in [1.29, 1.82) is 5.26 Å². The highest BCUT2D eigenvalue weighted by Gasteiger charge is 2.68. The molecular formula is C16H18N2O2. The number of rotatable bonds is 2. The number of amides is 1. The van der Waals surface area contributed by atoms with Crippen LogP contribution in [0.4, 0.5) is 4.79 Å². The summed E-state index contributed by atoms with van der Waals surface area (Å²) in [6.07, 6.45) is -0.372. The van der Waals surface area contributed by atoms with E-state index in [9.17, 15) is 10.1 Å². The molecule has 1 amide bonds. The molecule has 1 aromatic carbocycles. The minimum Gasteiger partial charge on any atom is -0.445 e. The Balaban J connectivity index is 1.61. The fourth-order valence-electron chi connectivity index (χ4n) is 3.42. The molecule has 1 saturated carbocycles. The highest BCUT2D eigenvalue weighted by molar-refractivity contribution is 5.70. The molecule has 2 fully saturated rings. The van der Waals surface area contributed by atoms with E-state index >= 15 is 0 Å². The molecular weight excluding hydrogens is 252 g/mol. The van der Waals surface area contributed by atoms with Crippen LogP contribution < -0.4 is 0 Å². The van der Waals surface area contributed by atoms with Gasteiger partial charge in [0.2, 0.25) is 0 Å². The third-order valence-corrected chi connectivity index (χ3v) is 4.78. The van der Waals surface area contributed by atoms with Crippen LogP contribution in [0.1, 0.15) is 19.4 Å². The van der Waals surface area contributed by atoms with Crippen LogP contribution in [0, 0.1) is 28.6 Å². The number of hydrogen-bond donors (Lipinski definition) is 0. The first-order valence-electron chi connectivity index (χ1n) is 6.92. The van der Waals surface area contributed by atoms with E-state index in [0.717, 1.165) is 5.56 Å². The fourth-order valence-corrected chi connectivity index (χ4v) is 3.42. The number of carbonyl (C=O) groups is 1. The summed E-state index contributed by atoms with van der Waals surface area (Å²) in [6.45, 7) is 5.23. The lowest BCUT2D eigenvalue weighted by atomic mass is 10.0. The predicted octanol–water partition coefficient (Wildman–Crippen LogP) is 2.80. The summed E-state index contributed by atoms with van der Waals surface area (Å²) in [6, 6.07) is 11.5. The molecule has 1 aliphatic carbocycles. The molecule has 20 heavy (non-hydrogen) atoms. The Labute approximate surface area is 118 Å². The van der Waals surface area contributed by atoms with Gasteiger partial charge in [0, 0.05) is 12.5 Å². The number of fused-ring (bicyclic) bond motifs is 1. The summed E-state index contributed by atoms with van der Waals surface area (Å²) >= 11 is 0. The van der Waals surface area contributed by atoms with E-state index in [4.69, 9.17) is 4.74 Å². The second-order valence-electron chi connectivity index (χ2n) is 6.22. The van der Waals surface area contributed by atoms with Crippen molar-refractivity contribution in [3.8, 4) is 6.07 Å². The Bertz CT molecular complexity index is 562. The molecule has 3 rings (SSSR count). The number of hydrogen-bond acceptors (Lipinski definition) is 3. The Morgan fingerprint density at radius 2 is 2.15 bits per heavy atom. The molecule has 0 spiro atoms. The van der Waals surface area contributed by atoms with Gasteiger partial charge in [-0.1, -0.05) is 44.2 Å². The molecule has 2 aliphatic rings. The average Bonchev–Trinajstić information content (AvgIpc) is 2.84. The number of carbonyl (C=O) groups excluding carboxylic acids is 1. The lowest BCUT2D eigenvalue weighted by Crippen LogP contribution is -2.40. The number of piperidine rings is 1.